The Bertz CT molecular complexity index is 925. The van der Waals surface area contributed by atoms with Crippen molar-refractivity contribution in [2.45, 2.75) is 20.4 Å². The number of nitrogens with one attached hydrogen (secondary N) is 2. The highest BCUT2D eigenvalue weighted by Crippen LogP contribution is 2.19. The van der Waals surface area contributed by atoms with Gasteiger partial charge in [-0.15, -0.1) is 0 Å². The third-order valence-electron chi connectivity index (χ3n) is 3.82. The van der Waals surface area contributed by atoms with Gasteiger partial charge in [0.25, 0.3) is 0 Å². The number of rotatable bonds is 6. The van der Waals surface area contributed by atoms with E-state index in [9.17, 15) is 4.79 Å². The number of hydrogen-bond acceptors (Lipinski definition) is 5. The Morgan fingerprint density at radius 1 is 1.08 bits per heavy atom. The van der Waals surface area contributed by atoms with Gasteiger partial charge in [0.2, 0.25) is 5.95 Å². The quantitative estimate of drug-likeness (QED) is 0.601. The number of halogens is 1. The van der Waals surface area contributed by atoms with Crippen LogP contribution < -0.4 is 10.6 Å². The summed E-state index contributed by atoms with van der Waals surface area (Å²) in [6.07, 6.45) is 0. The second-order valence-electron chi connectivity index (χ2n) is 5.92. The van der Waals surface area contributed by atoms with E-state index in [0.29, 0.717) is 23.9 Å². The van der Waals surface area contributed by atoms with Crippen LogP contribution in [-0.2, 0) is 6.54 Å². The number of aromatic nitrogens is 2. The van der Waals surface area contributed by atoms with Crippen LogP contribution in [0.3, 0.4) is 0 Å². The van der Waals surface area contributed by atoms with Crippen molar-refractivity contribution in [1.82, 2.24) is 9.97 Å². The van der Waals surface area contributed by atoms with E-state index >= 15 is 0 Å². The number of benzene rings is 2. The number of nitrogens with zero attached hydrogens (tertiary/aromatic N) is 2. The molecule has 0 saturated heterocycles. The van der Waals surface area contributed by atoms with Crippen LogP contribution in [0.2, 0.25) is 5.02 Å². The Morgan fingerprint density at radius 2 is 1.81 bits per heavy atom. The number of carbonyl (C=O) groups excluding carboxylic acids is 1. The molecule has 3 rings (SSSR count). The fourth-order valence-corrected chi connectivity index (χ4v) is 2.66. The summed E-state index contributed by atoms with van der Waals surface area (Å²) in [7, 11) is 0. The van der Waals surface area contributed by atoms with Crippen molar-refractivity contribution < 1.29 is 4.79 Å². The van der Waals surface area contributed by atoms with Gasteiger partial charge >= 0.3 is 0 Å². The molecule has 0 radical (unpaired) electrons. The Kier molecular flexibility index (Phi) is 5.49. The standard InChI is InChI=1S/C20H19ClN4O/c1-13-11-19(22-12-16-5-3-4-6-18(16)21)25-20(23-13)24-17-9-7-15(8-10-17)14(2)26/h3-11H,12H2,1-2H3,(H2,22,23,24,25). The number of ketones is 1. The van der Waals surface area contributed by atoms with Gasteiger partial charge in [-0.05, 0) is 49.7 Å². The van der Waals surface area contributed by atoms with Gasteiger partial charge < -0.3 is 10.6 Å². The predicted octanol–water partition coefficient (Wildman–Crippen LogP) is 5.00. The van der Waals surface area contributed by atoms with Gasteiger partial charge in [-0.1, -0.05) is 29.8 Å². The van der Waals surface area contributed by atoms with Crippen molar-refractivity contribution in [3.8, 4) is 0 Å². The minimum Gasteiger partial charge on any atom is -0.366 e. The lowest BCUT2D eigenvalue weighted by molar-refractivity contribution is 0.101. The van der Waals surface area contributed by atoms with Crippen LogP contribution in [0.5, 0.6) is 0 Å². The summed E-state index contributed by atoms with van der Waals surface area (Å²) in [4.78, 5) is 20.2. The van der Waals surface area contributed by atoms with E-state index in [1.165, 1.54) is 0 Å². The van der Waals surface area contributed by atoms with Crippen LogP contribution in [0, 0.1) is 6.92 Å². The normalized spacial score (nSPS) is 10.4. The Balaban J connectivity index is 1.73. The highest BCUT2D eigenvalue weighted by atomic mass is 35.5. The third kappa shape index (κ3) is 4.58. The summed E-state index contributed by atoms with van der Waals surface area (Å²) in [5.41, 5.74) is 3.32. The zero-order valence-corrected chi connectivity index (χ0v) is 15.3. The summed E-state index contributed by atoms with van der Waals surface area (Å²) in [6, 6.07) is 16.8. The number of anilines is 3. The van der Waals surface area contributed by atoms with E-state index in [1.807, 2.05) is 49.4 Å². The molecule has 1 heterocycles. The molecule has 6 heteroatoms. The summed E-state index contributed by atoms with van der Waals surface area (Å²) in [5, 5.41) is 7.15. The van der Waals surface area contributed by atoms with Gasteiger partial charge in [-0.25, -0.2) is 4.98 Å². The van der Waals surface area contributed by atoms with Crippen molar-refractivity contribution in [3.05, 3.63) is 76.4 Å². The lowest BCUT2D eigenvalue weighted by Crippen LogP contribution is -2.06. The van der Waals surface area contributed by atoms with E-state index in [2.05, 4.69) is 20.6 Å². The van der Waals surface area contributed by atoms with Crippen molar-refractivity contribution in [3.63, 3.8) is 0 Å². The molecular weight excluding hydrogens is 348 g/mol. The average molecular weight is 367 g/mol. The maximum absolute atomic E-state index is 11.4. The number of hydrogen-bond donors (Lipinski definition) is 2. The third-order valence-corrected chi connectivity index (χ3v) is 4.19. The molecule has 0 bridgehead atoms. The van der Waals surface area contributed by atoms with Gasteiger partial charge in [0.05, 0.1) is 0 Å². The monoisotopic (exact) mass is 366 g/mol. The molecule has 5 nitrogen and oxygen atoms in total. The van der Waals surface area contributed by atoms with E-state index < -0.39 is 0 Å². The van der Waals surface area contributed by atoms with Crippen LogP contribution >= 0.6 is 11.6 Å². The first-order valence-electron chi connectivity index (χ1n) is 8.22. The molecule has 0 amide bonds. The highest BCUT2D eigenvalue weighted by molar-refractivity contribution is 6.31. The highest BCUT2D eigenvalue weighted by Gasteiger charge is 2.05. The molecular formula is C20H19ClN4O. The number of Topliss-reactive ketones (excluding diaryl/α,β-unsaturated/α-hetero) is 1. The van der Waals surface area contributed by atoms with E-state index in [-0.39, 0.29) is 5.78 Å². The zero-order chi connectivity index (χ0) is 18.5. The second-order valence-corrected chi connectivity index (χ2v) is 6.33. The molecule has 0 unspecified atom stereocenters. The fraction of sp³-hybridized carbons (Fsp3) is 0.150. The van der Waals surface area contributed by atoms with Crippen molar-refractivity contribution in [2.75, 3.05) is 10.6 Å². The molecule has 1 aromatic heterocycles. The van der Waals surface area contributed by atoms with Crippen LogP contribution in [0.4, 0.5) is 17.5 Å². The topological polar surface area (TPSA) is 66.9 Å². The van der Waals surface area contributed by atoms with Gasteiger partial charge in [0.1, 0.15) is 5.82 Å². The minimum atomic E-state index is 0.0365. The molecule has 0 spiro atoms. The van der Waals surface area contributed by atoms with Gasteiger partial charge in [-0.2, -0.15) is 4.98 Å². The predicted molar refractivity (Wildman–Crippen MR) is 105 cm³/mol. The van der Waals surface area contributed by atoms with E-state index in [0.717, 1.165) is 22.0 Å². The molecule has 2 N–H and O–H groups in total. The first kappa shape index (κ1) is 17.9. The summed E-state index contributed by atoms with van der Waals surface area (Å²) in [6.45, 7) is 4.03. The van der Waals surface area contributed by atoms with Crippen LogP contribution in [-0.4, -0.2) is 15.8 Å². The molecule has 132 valence electrons. The van der Waals surface area contributed by atoms with E-state index in [1.54, 1.807) is 19.1 Å². The lowest BCUT2D eigenvalue weighted by atomic mass is 10.1. The lowest BCUT2D eigenvalue weighted by Gasteiger charge is -2.11. The smallest absolute Gasteiger partial charge is 0.229 e. The number of carbonyl (C=O) groups is 1. The summed E-state index contributed by atoms with van der Waals surface area (Å²) < 4.78 is 0. The van der Waals surface area contributed by atoms with Crippen molar-refractivity contribution >= 4 is 34.8 Å². The van der Waals surface area contributed by atoms with Crippen LogP contribution in [0.25, 0.3) is 0 Å². The molecule has 3 aromatic rings. The number of aryl methyl sites for hydroxylation is 1. The second kappa shape index (κ2) is 7.97. The van der Waals surface area contributed by atoms with Crippen LogP contribution in [0.15, 0.2) is 54.6 Å². The largest absolute Gasteiger partial charge is 0.366 e. The Labute approximate surface area is 157 Å². The Morgan fingerprint density at radius 3 is 2.50 bits per heavy atom. The zero-order valence-electron chi connectivity index (χ0n) is 14.6. The molecule has 0 aliphatic rings. The summed E-state index contributed by atoms with van der Waals surface area (Å²) >= 11 is 6.19. The first-order valence-corrected chi connectivity index (χ1v) is 8.60. The Hall–Kier alpha value is -2.92. The molecule has 0 aliphatic heterocycles. The van der Waals surface area contributed by atoms with Crippen molar-refractivity contribution in [2.24, 2.45) is 0 Å². The van der Waals surface area contributed by atoms with Gasteiger partial charge in [0.15, 0.2) is 5.78 Å². The molecule has 26 heavy (non-hydrogen) atoms. The van der Waals surface area contributed by atoms with Crippen molar-refractivity contribution in [1.29, 1.82) is 0 Å². The molecule has 0 aliphatic carbocycles. The van der Waals surface area contributed by atoms with Gasteiger partial charge in [0, 0.05) is 34.6 Å². The maximum atomic E-state index is 11.4. The minimum absolute atomic E-state index is 0.0365. The SMILES string of the molecule is CC(=O)c1ccc(Nc2nc(C)cc(NCc3ccccc3Cl)n2)cc1. The van der Waals surface area contributed by atoms with Gasteiger partial charge in [-0.3, -0.25) is 4.79 Å². The average Bonchev–Trinajstić information content (AvgIpc) is 2.61. The first-order chi connectivity index (χ1) is 12.5. The maximum Gasteiger partial charge on any atom is 0.229 e. The molecule has 2 aromatic carbocycles. The molecule has 0 atom stereocenters. The molecule has 0 fully saturated rings. The van der Waals surface area contributed by atoms with E-state index in [4.69, 9.17) is 11.6 Å². The fourth-order valence-electron chi connectivity index (χ4n) is 2.46. The molecule has 0 saturated carbocycles. The summed E-state index contributed by atoms with van der Waals surface area (Å²) in [5.74, 6) is 1.23. The van der Waals surface area contributed by atoms with Crippen LogP contribution in [0.1, 0.15) is 28.5 Å².